The van der Waals surface area contributed by atoms with E-state index < -0.39 is 6.10 Å². The van der Waals surface area contributed by atoms with Crippen LogP contribution >= 0.6 is 0 Å². The monoisotopic (exact) mass is 285 g/mol. The first-order valence-electron chi connectivity index (χ1n) is 7.34. The van der Waals surface area contributed by atoms with E-state index in [0.717, 1.165) is 23.3 Å². The Labute approximate surface area is 126 Å². The fraction of sp³-hybridized carbons (Fsp3) is 0.333. The number of aliphatic hydroxyl groups is 1. The Morgan fingerprint density at radius 2 is 1.81 bits per heavy atom. The number of benzene rings is 2. The Hall–Kier alpha value is -1.84. The van der Waals surface area contributed by atoms with Crippen molar-refractivity contribution in [1.82, 2.24) is 5.32 Å². The molecule has 1 unspecified atom stereocenters. The zero-order valence-electron chi connectivity index (χ0n) is 12.7. The SMILES string of the molecule is CCc1ccc(C(O)CNCc2ccccc2OC)cc1. The number of methoxy groups -OCH3 is 1. The molecular weight excluding hydrogens is 262 g/mol. The molecule has 2 aromatic rings. The number of aliphatic hydroxyl groups excluding tert-OH is 1. The maximum atomic E-state index is 10.2. The minimum Gasteiger partial charge on any atom is -0.496 e. The molecule has 0 amide bonds. The van der Waals surface area contributed by atoms with Gasteiger partial charge in [-0.15, -0.1) is 0 Å². The van der Waals surface area contributed by atoms with Crippen LogP contribution in [0.15, 0.2) is 48.5 Å². The number of para-hydroxylation sites is 1. The first-order valence-corrected chi connectivity index (χ1v) is 7.34. The van der Waals surface area contributed by atoms with Gasteiger partial charge in [0, 0.05) is 18.7 Å². The molecule has 0 aliphatic carbocycles. The molecule has 0 bridgehead atoms. The molecule has 3 nitrogen and oxygen atoms in total. The molecule has 0 saturated heterocycles. The molecular formula is C18H23NO2. The van der Waals surface area contributed by atoms with Crippen molar-refractivity contribution in [3.05, 3.63) is 65.2 Å². The Morgan fingerprint density at radius 3 is 2.48 bits per heavy atom. The molecule has 112 valence electrons. The quantitative estimate of drug-likeness (QED) is 0.821. The van der Waals surface area contributed by atoms with Gasteiger partial charge in [-0.3, -0.25) is 0 Å². The van der Waals surface area contributed by atoms with E-state index in [0.29, 0.717) is 13.1 Å². The number of hydrogen-bond acceptors (Lipinski definition) is 3. The summed E-state index contributed by atoms with van der Waals surface area (Å²) in [4.78, 5) is 0. The van der Waals surface area contributed by atoms with Crippen molar-refractivity contribution in [2.75, 3.05) is 13.7 Å². The van der Waals surface area contributed by atoms with Crippen molar-refractivity contribution in [1.29, 1.82) is 0 Å². The van der Waals surface area contributed by atoms with Crippen LogP contribution in [-0.4, -0.2) is 18.8 Å². The summed E-state index contributed by atoms with van der Waals surface area (Å²) in [5, 5.41) is 13.5. The number of nitrogens with one attached hydrogen (secondary N) is 1. The van der Waals surface area contributed by atoms with Crippen LogP contribution in [0.25, 0.3) is 0 Å². The molecule has 2 aromatic carbocycles. The minimum absolute atomic E-state index is 0.495. The van der Waals surface area contributed by atoms with Gasteiger partial charge >= 0.3 is 0 Å². The van der Waals surface area contributed by atoms with Gasteiger partial charge in [0.05, 0.1) is 13.2 Å². The molecule has 2 N–H and O–H groups in total. The average molecular weight is 285 g/mol. The van der Waals surface area contributed by atoms with Crippen LogP contribution in [0, 0.1) is 0 Å². The van der Waals surface area contributed by atoms with E-state index >= 15 is 0 Å². The molecule has 0 aliphatic rings. The normalized spacial score (nSPS) is 12.1. The summed E-state index contributed by atoms with van der Waals surface area (Å²) in [7, 11) is 1.67. The van der Waals surface area contributed by atoms with Crippen LogP contribution in [0.4, 0.5) is 0 Å². The van der Waals surface area contributed by atoms with Crippen molar-refractivity contribution in [2.45, 2.75) is 26.0 Å². The Balaban J connectivity index is 1.87. The smallest absolute Gasteiger partial charge is 0.123 e. The van der Waals surface area contributed by atoms with Gasteiger partial charge in [0.2, 0.25) is 0 Å². The predicted molar refractivity (Wildman–Crippen MR) is 85.5 cm³/mol. The third-order valence-electron chi connectivity index (χ3n) is 3.62. The highest BCUT2D eigenvalue weighted by Gasteiger charge is 2.08. The van der Waals surface area contributed by atoms with Crippen molar-refractivity contribution in [3.8, 4) is 5.75 Å². The molecule has 2 rings (SSSR count). The van der Waals surface area contributed by atoms with E-state index in [1.165, 1.54) is 5.56 Å². The lowest BCUT2D eigenvalue weighted by atomic mass is 10.1. The first kappa shape index (κ1) is 15.5. The molecule has 0 aliphatic heterocycles. The molecule has 0 fully saturated rings. The lowest BCUT2D eigenvalue weighted by molar-refractivity contribution is 0.174. The van der Waals surface area contributed by atoms with E-state index in [4.69, 9.17) is 4.74 Å². The molecule has 0 saturated carbocycles. The maximum Gasteiger partial charge on any atom is 0.123 e. The van der Waals surface area contributed by atoms with Gasteiger partial charge in [0.15, 0.2) is 0 Å². The van der Waals surface area contributed by atoms with Crippen molar-refractivity contribution >= 4 is 0 Å². The van der Waals surface area contributed by atoms with Crippen LogP contribution in [0.5, 0.6) is 5.75 Å². The Bertz CT molecular complexity index is 551. The van der Waals surface area contributed by atoms with Gasteiger partial charge in [-0.25, -0.2) is 0 Å². The zero-order valence-corrected chi connectivity index (χ0v) is 12.7. The molecule has 3 heteroatoms. The maximum absolute atomic E-state index is 10.2. The third kappa shape index (κ3) is 4.31. The van der Waals surface area contributed by atoms with Gasteiger partial charge in [0.1, 0.15) is 5.75 Å². The third-order valence-corrected chi connectivity index (χ3v) is 3.62. The number of ether oxygens (including phenoxy) is 1. The minimum atomic E-state index is -0.495. The highest BCUT2D eigenvalue weighted by molar-refractivity contribution is 5.33. The van der Waals surface area contributed by atoms with Crippen molar-refractivity contribution in [3.63, 3.8) is 0 Å². The van der Waals surface area contributed by atoms with E-state index in [2.05, 4.69) is 24.4 Å². The van der Waals surface area contributed by atoms with Crippen LogP contribution in [0.1, 0.15) is 29.7 Å². The Morgan fingerprint density at radius 1 is 1.10 bits per heavy atom. The highest BCUT2D eigenvalue weighted by atomic mass is 16.5. The molecule has 0 spiro atoms. The second kappa shape index (κ2) is 7.81. The van der Waals surface area contributed by atoms with Crippen molar-refractivity contribution < 1.29 is 9.84 Å². The second-order valence-electron chi connectivity index (χ2n) is 5.05. The molecule has 21 heavy (non-hydrogen) atoms. The number of aryl methyl sites for hydroxylation is 1. The fourth-order valence-electron chi connectivity index (χ4n) is 2.29. The summed E-state index contributed by atoms with van der Waals surface area (Å²) in [5.74, 6) is 0.867. The second-order valence-corrected chi connectivity index (χ2v) is 5.05. The summed E-state index contributed by atoms with van der Waals surface area (Å²) in [6.07, 6.45) is 0.521. The lowest BCUT2D eigenvalue weighted by Crippen LogP contribution is -2.21. The van der Waals surface area contributed by atoms with Crippen LogP contribution < -0.4 is 10.1 Å². The molecule has 0 radical (unpaired) electrons. The molecule has 0 heterocycles. The van der Waals surface area contributed by atoms with Gasteiger partial charge in [-0.1, -0.05) is 49.4 Å². The zero-order chi connectivity index (χ0) is 15.1. The van der Waals surface area contributed by atoms with E-state index in [1.807, 2.05) is 36.4 Å². The topological polar surface area (TPSA) is 41.5 Å². The summed E-state index contributed by atoms with van der Waals surface area (Å²) >= 11 is 0. The predicted octanol–water partition coefficient (Wildman–Crippen LogP) is 3.08. The van der Waals surface area contributed by atoms with E-state index in [9.17, 15) is 5.11 Å². The summed E-state index contributed by atoms with van der Waals surface area (Å²) in [6, 6.07) is 16.0. The standard InChI is InChI=1S/C18H23NO2/c1-3-14-8-10-15(11-9-14)17(20)13-19-12-16-6-4-5-7-18(16)21-2/h4-11,17,19-20H,3,12-13H2,1-2H3. The van der Waals surface area contributed by atoms with Gasteiger partial charge < -0.3 is 15.2 Å². The summed E-state index contributed by atoms with van der Waals surface area (Å²) in [5.41, 5.74) is 3.32. The molecule has 0 aromatic heterocycles. The van der Waals surface area contributed by atoms with Gasteiger partial charge in [-0.2, -0.15) is 0 Å². The number of hydrogen-bond donors (Lipinski definition) is 2. The first-order chi connectivity index (χ1) is 10.2. The van der Waals surface area contributed by atoms with E-state index in [1.54, 1.807) is 7.11 Å². The highest BCUT2D eigenvalue weighted by Crippen LogP contribution is 2.17. The Kier molecular flexibility index (Phi) is 5.78. The van der Waals surface area contributed by atoms with Crippen LogP contribution in [-0.2, 0) is 13.0 Å². The van der Waals surface area contributed by atoms with Crippen LogP contribution in [0.2, 0.25) is 0 Å². The number of rotatable bonds is 7. The largest absolute Gasteiger partial charge is 0.496 e. The van der Waals surface area contributed by atoms with Crippen LogP contribution in [0.3, 0.4) is 0 Å². The van der Waals surface area contributed by atoms with Crippen molar-refractivity contribution in [2.24, 2.45) is 0 Å². The average Bonchev–Trinajstić information content (AvgIpc) is 2.55. The van der Waals surface area contributed by atoms with Gasteiger partial charge in [0.25, 0.3) is 0 Å². The summed E-state index contributed by atoms with van der Waals surface area (Å²) < 4.78 is 5.31. The lowest BCUT2D eigenvalue weighted by Gasteiger charge is -2.14. The van der Waals surface area contributed by atoms with E-state index in [-0.39, 0.29) is 0 Å². The summed E-state index contributed by atoms with van der Waals surface area (Å²) in [6.45, 7) is 3.32. The van der Waals surface area contributed by atoms with Gasteiger partial charge in [-0.05, 0) is 23.6 Å². The molecule has 1 atom stereocenters. The fourth-order valence-corrected chi connectivity index (χ4v) is 2.29.